The molecule has 0 aliphatic heterocycles. The topological polar surface area (TPSA) is 89.5 Å². The molecule has 1 atom stereocenters. The number of benzene rings is 2. The number of hydrogen-bond donors (Lipinski definition) is 1. The van der Waals surface area contributed by atoms with Gasteiger partial charge >= 0.3 is 18.3 Å². The summed E-state index contributed by atoms with van der Waals surface area (Å²) in [5.74, 6) is -2.37. The van der Waals surface area contributed by atoms with Gasteiger partial charge in [0.25, 0.3) is 0 Å². The summed E-state index contributed by atoms with van der Waals surface area (Å²) < 4.78 is 107. The van der Waals surface area contributed by atoms with Gasteiger partial charge in [-0.25, -0.2) is 13.2 Å². The van der Waals surface area contributed by atoms with Gasteiger partial charge in [-0.15, -0.1) is 0 Å². The number of sulfonamides is 1. The van der Waals surface area contributed by atoms with E-state index in [1.807, 2.05) is 0 Å². The van der Waals surface area contributed by atoms with Crippen LogP contribution in [0.5, 0.6) is 0 Å². The van der Waals surface area contributed by atoms with Gasteiger partial charge in [0.15, 0.2) is 6.10 Å². The Kier molecular flexibility index (Phi) is 6.93. The maximum atomic E-state index is 12.9. The van der Waals surface area contributed by atoms with Crippen LogP contribution in [-0.2, 0) is 27.1 Å². The quantitative estimate of drug-likeness (QED) is 0.371. The fraction of sp³-hybridized carbons (Fsp3) is 0.263. The minimum Gasteiger partial charge on any atom is -0.451 e. The molecule has 0 bridgehead atoms. The first-order chi connectivity index (χ1) is 14.5. The Morgan fingerprint density at radius 1 is 0.875 bits per heavy atom. The predicted molar refractivity (Wildman–Crippen MR) is 101 cm³/mol. The second-order valence-electron chi connectivity index (χ2n) is 6.66. The Morgan fingerprint density at radius 2 is 1.34 bits per heavy atom. The molecular formula is C19H15F6NO5S. The fourth-order valence-electron chi connectivity index (χ4n) is 2.51. The van der Waals surface area contributed by atoms with E-state index in [-0.39, 0.29) is 29.4 Å². The lowest BCUT2D eigenvalue weighted by Gasteiger charge is -2.16. The maximum absolute atomic E-state index is 12.9. The summed E-state index contributed by atoms with van der Waals surface area (Å²) in [6.45, 7) is 1.08. The molecule has 0 heterocycles. The molecule has 1 N–H and O–H groups in total. The first-order valence-corrected chi connectivity index (χ1v) is 10.5. The molecule has 0 aliphatic rings. The summed E-state index contributed by atoms with van der Waals surface area (Å²) in [6, 6.07) is 5.13. The molecule has 174 valence electrons. The van der Waals surface area contributed by atoms with E-state index in [9.17, 15) is 44.3 Å². The normalized spacial score (nSPS) is 13.4. The molecule has 0 radical (unpaired) electrons. The Balaban J connectivity index is 2.24. The van der Waals surface area contributed by atoms with Crippen molar-refractivity contribution in [3.63, 3.8) is 0 Å². The first kappa shape index (κ1) is 25.2. The zero-order chi connectivity index (χ0) is 24.5. The Bertz CT molecular complexity index is 1090. The highest BCUT2D eigenvalue weighted by Crippen LogP contribution is 2.36. The lowest BCUT2D eigenvalue weighted by molar-refractivity contribution is -0.143. The van der Waals surface area contributed by atoms with Crippen LogP contribution in [0.15, 0.2) is 42.5 Å². The number of carbonyl (C=O) groups is 2. The molecule has 0 fully saturated rings. The summed E-state index contributed by atoms with van der Waals surface area (Å²) in [5.41, 5.74) is -4.33. The van der Waals surface area contributed by atoms with Gasteiger partial charge in [0, 0.05) is 11.3 Å². The maximum Gasteiger partial charge on any atom is 0.416 e. The summed E-state index contributed by atoms with van der Waals surface area (Å²) in [4.78, 5) is 24.6. The fourth-order valence-corrected chi connectivity index (χ4v) is 3.07. The number of rotatable bonds is 6. The van der Waals surface area contributed by atoms with Crippen molar-refractivity contribution < 1.29 is 49.1 Å². The summed E-state index contributed by atoms with van der Waals surface area (Å²) in [5, 5.41) is 0. The number of alkyl halides is 6. The van der Waals surface area contributed by atoms with Crippen LogP contribution in [0.4, 0.5) is 32.0 Å². The summed E-state index contributed by atoms with van der Waals surface area (Å²) in [6.07, 6.45) is -11.0. The predicted octanol–water partition coefficient (Wildman–Crippen LogP) is 4.52. The monoisotopic (exact) mass is 483 g/mol. The van der Waals surface area contributed by atoms with Crippen LogP contribution in [0.3, 0.4) is 0 Å². The standard InChI is InChI=1S/C19H15F6NO5S/c1-10(16(27)11-3-5-15(6-4-11)26-32(2,29)30)31-17(28)12-7-13(18(20,21)22)9-14(8-12)19(23,24)25/h3-10,26H,1-2H3/t10-/m1/s1. The van der Waals surface area contributed by atoms with Crippen LogP contribution in [0.25, 0.3) is 0 Å². The highest BCUT2D eigenvalue weighted by atomic mass is 32.2. The molecule has 32 heavy (non-hydrogen) atoms. The lowest BCUT2D eigenvalue weighted by Crippen LogP contribution is -2.25. The average molecular weight is 483 g/mol. The third-order valence-corrected chi connectivity index (χ3v) is 4.56. The van der Waals surface area contributed by atoms with Crippen LogP contribution in [0.1, 0.15) is 38.8 Å². The molecular weight excluding hydrogens is 468 g/mol. The van der Waals surface area contributed by atoms with Crippen molar-refractivity contribution in [2.75, 3.05) is 11.0 Å². The molecule has 2 aromatic carbocycles. The highest BCUT2D eigenvalue weighted by molar-refractivity contribution is 7.92. The van der Waals surface area contributed by atoms with E-state index in [0.29, 0.717) is 0 Å². The number of ketones is 1. The zero-order valence-electron chi connectivity index (χ0n) is 16.3. The minimum absolute atomic E-state index is 0.0376. The second kappa shape index (κ2) is 8.81. The molecule has 0 spiro atoms. The Morgan fingerprint density at radius 3 is 1.75 bits per heavy atom. The van der Waals surface area contributed by atoms with E-state index in [2.05, 4.69) is 4.72 Å². The molecule has 6 nitrogen and oxygen atoms in total. The number of nitrogens with one attached hydrogen (secondary N) is 1. The van der Waals surface area contributed by atoms with Gasteiger partial charge in [-0.05, 0) is 49.4 Å². The molecule has 0 saturated carbocycles. The smallest absolute Gasteiger partial charge is 0.416 e. The van der Waals surface area contributed by atoms with Crippen LogP contribution in [0, 0.1) is 0 Å². The van der Waals surface area contributed by atoms with Gasteiger partial charge < -0.3 is 4.74 Å². The summed E-state index contributed by atoms with van der Waals surface area (Å²) in [7, 11) is -3.57. The number of halogens is 6. The van der Waals surface area contributed by atoms with E-state index in [4.69, 9.17) is 4.74 Å². The van der Waals surface area contributed by atoms with Crippen molar-refractivity contribution in [3.05, 3.63) is 64.7 Å². The van der Waals surface area contributed by atoms with Crippen molar-refractivity contribution >= 4 is 27.5 Å². The van der Waals surface area contributed by atoms with Crippen molar-refractivity contribution in [2.24, 2.45) is 0 Å². The van der Waals surface area contributed by atoms with E-state index in [1.165, 1.54) is 24.3 Å². The molecule has 2 aromatic rings. The van der Waals surface area contributed by atoms with Crippen LogP contribution >= 0.6 is 0 Å². The second-order valence-corrected chi connectivity index (χ2v) is 8.41. The van der Waals surface area contributed by atoms with Gasteiger partial charge in [0.05, 0.1) is 22.9 Å². The molecule has 0 unspecified atom stereocenters. The lowest BCUT2D eigenvalue weighted by atomic mass is 10.0. The van der Waals surface area contributed by atoms with Gasteiger partial charge in [-0.3, -0.25) is 9.52 Å². The number of carbonyl (C=O) groups excluding carboxylic acids is 2. The molecule has 0 aliphatic carbocycles. The van der Waals surface area contributed by atoms with Gasteiger partial charge in [0.2, 0.25) is 15.8 Å². The van der Waals surface area contributed by atoms with E-state index in [1.54, 1.807) is 0 Å². The Hall–Kier alpha value is -3.09. The van der Waals surface area contributed by atoms with E-state index in [0.717, 1.165) is 13.2 Å². The van der Waals surface area contributed by atoms with Gasteiger partial charge in [0.1, 0.15) is 0 Å². The third kappa shape index (κ3) is 6.70. The number of esters is 1. The van der Waals surface area contributed by atoms with Crippen LogP contribution < -0.4 is 4.72 Å². The van der Waals surface area contributed by atoms with Crippen molar-refractivity contribution in [3.8, 4) is 0 Å². The summed E-state index contributed by atoms with van der Waals surface area (Å²) >= 11 is 0. The first-order valence-electron chi connectivity index (χ1n) is 8.60. The largest absolute Gasteiger partial charge is 0.451 e. The molecule has 0 aromatic heterocycles. The zero-order valence-corrected chi connectivity index (χ0v) is 17.2. The van der Waals surface area contributed by atoms with Crippen molar-refractivity contribution in [1.82, 2.24) is 0 Å². The number of ether oxygens (including phenoxy) is 1. The van der Waals surface area contributed by atoms with Crippen LogP contribution in [0.2, 0.25) is 0 Å². The molecule has 0 saturated heterocycles. The highest BCUT2D eigenvalue weighted by Gasteiger charge is 2.38. The average Bonchev–Trinajstić information content (AvgIpc) is 2.65. The van der Waals surface area contributed by atoms with E-state index < -0.39 is 56.9 Å². The number of anilines is 1. The number of Topliss-reactive ketones (excluding diaryl/α,β-unsaturated/α-hetero) is 1. The number of hydrogen-bond acceptors (Lipinski definition) is 5. The molecule has 0 amide bonds. The Labute approximate surface area is 178 Å². The third-order valence-electron chi connectivity index (χ3n) is 3.95. The SMILES string of the molecule is C[C@@H](OC(=O)c1cc(C(F)(F)F)cc(C(F)(F)F)c1)C(=O)c1ccc(NS(C)(=O)=O)cc1. The van der Waals surface area contributed by atoms with Crippen molar-refractivity contribution in [2.45, 2.75) is 25.4 Å². The molecule has 2 rings (SSSR count). The van der Waals surface area contributed by atoms with Gasteiger partial charge in [-0.2, -0.15) is 26.3 Å². The van der Waals surface area contributed by atoms with E-state index >= 15 is 0 Å². The molecule has 13 heteroatoms. The van der Waals surface area contributed by atoms with Crippen LogP contribution in [-0.4, -0.2) is 32.5 Å². The van der Waals surface area contributed by atoms with Gasteiger partial charge in [-0.1, -0.05) is 0 Å². The minimum atomic E-state index is -5.15. The van der Waals surface area contributed by atoms with Crippen molar-refractivity contribution in [1.29, 1.82) is 0 Å².